The predicted octanol–water partition coefficient (Wildman–Crippen LogP) is -0.411. The zero-order valence-corrected chi connectivity index (χ0v) is 5.35. The Morgan fingerprint density at radius 2 is 2.27 bits per heavy atom. The van der Waals surface area contributed by atoms with Crippen LogP contribution in [0.1, 0.15) is 0 Å². The van der Waals surface area contributed by atoms with Crippen molar-refractivity contribution in [3.8, 4) is 0 Å². The van der Waals surface area contributed by atoms with Crippen LogP contribution in [0, 0.1) is 0 Å². The molecule has 2 aliphatic heterocycles. The molecule has 2 rings (SSSR count). The summed E-state index contributed by atoms with van der Waals surface area (Å²) in [6, 6.07) is 0. The van der Waals surface area contributed by atoms with Crippen molar-refractivity contribution in [1.82, 2.24) is 0 Å². The molecule has 0 saturated carbocycles. The third-order valence-corrected chi connectivity index (χ3v) is 1.28. The van der Waals surface area contributed by atoms with Gasteiger partial charge in [0.2, 0.25) is 5.84 Å². The molecule has 0 aromatic rings. The highest BCUT2D eigenvalue weighted by molar-refractivity contribution is 6.13. The lowest BCUT2D eigenvalue weighted by molar-refractivity contribution is -0.114. The first-order valence-corrected chi connectivity index (χ1v) is 2.85. The number of rotatable bonds is 1. The van der Waals surface area contributed by atoms with E-state index in [0.29, 0.717) is 11.5 Å². The molecule has 1 amide bonds. The number of hydrogen-bond acceptors (Lipinski definition) is 5. The molecule has 0 atom stereocenters. The zero-order chi connectivity index (χ0) is 7.84. The number of hydrogen-bond donors (Lipinski definition) is 1. The molecule has 0 aliphatic carbocycles. The number of azo groups is 1. The molecule has 54 valence electrons. The SMILES string of the molecule is NC(=O)C1=C2N=CN=C2N=N1. The van der Waals surface area contributed by atoms with Gasteiger partial charge in [0, 0.05) is 0 Å². The summed E-state index contributed by atoms with van der Waals surface area (Å²) < 4.78 is 0. The van der Waals surface area contributed by atoms with E-state index in [4.69, 9.17) is 5.73 Å². The minimum absolute atomic E-state index is 0.0810. The Bertz CT molecular complexity index is 348. The second-order valence-corrected chi connectivity index (χ2v) is 1.96. The van der Waals surface area contributed by atoms with Gasteiger partial charge in [0.15, 0.2) is 5.70 Å². The van der Waals surface area contributed by atoms with Crippen LogP contribution in [0.4, 0.5) is 0 Å². The van der Waals surface area contributed by atoms with E-state index in [1.54, 1.807) is 0 Å². The first-order chi connectivity index (χ1) is 5.29. The van der Waals surface area contributed by atoms with Gasteiger partial charge in [-0.15, -0.1) is 10.2 Å². The van der Waals surface area contributed by atoms with Crippen molar-refractivity contribution < 1.29 is 4.79 Å². The minimum atomic E-state index is -0.631. The van der Waals surface area contributed by atoms with E-state index < -0.39 is 5.91 Å². The fourth-order valence-electron chi connectivity index (χ4n) is 0.811. The van der Waals surface area contributed by atoms with Crippen LogP contribution < -0.4 is 5.73 Å². The summed E-state index contributed by atoms with van der Waals surface area (Å²) in [5, 5.41) is 7.08. The number of carbonyl (C=O) groups is 1. The number of nitrogens with two attached hydrogens (primary N) is 1. The second-order valence-electron chi connectivity index (χ2n) is 1.96. The Labute approximate surface area is 61.2 Å². The molecule has 2 heterocycles. The summed E-state index contributed by atoms with van der Waals surface area (Å²) in [6.45, 7) is 0. The highest BCUT2D eigenvalue weighted by atomic mass is 16.1. The third-order valence-electron chi connectivity index (χ3n) is 1.28. The van der Waals surface area contributed by atoms with Gasteiger partial charge in [0.25, 0.3) is 5.91 Å². The zero-order valence-electron chi connectivity index (χ0n) is 5.35. The molecule has 0 saturated heterocycles. The van der Waals surface area contributed by atoms with Gasteiger partial charge in [-0.2, -0.15) is 0 Å². The Morgan fingerprint density at radius 1 is 1.45 bits per heavy atom. The number of carbonyl (C=O) groups excluding carboxylic acids is 1. The molecule has 0 fully saturated rings. The maximum atomic E-state index is 10.6. The number of aliphatic imine (C=N–C) groups is 2. The van der Waals surface area contributed by atoms with Crippen LogP contribution in [0.5, 0.6) is 0 Å². The molecule has 0 aromatic carbocycles. The van der Waals surface area contributed by atoms with E-state index in [1.165, 1.54) is 6.34 Å². The van der Waals surface area contributed by atoms with Crippen molar-refractivity contribution in [2.45, 2.75) is 0 Å². The highest BCUT2D eigenvalue weighted by Crippen LogP contribution is 2.20. The van der Waals surface area contributed by atoms with E-state index in [0.717, 1.165) is 0 Å². The molecule has 6 nitrogen and oxygen atoms in total. The smallest absolute Gasteiger partial charge is 0.271 e. The van der Waals surface area contributed by atoms with Crippen LogP contribution in [0.25, 0.3) is 0 Å². The molecule has 11 heavy (non-hydrogen) atoms. The van der Waals surface area contributed by atoms with Gasteiger partial charge >= 0.3 is 0 Å². The Hall–Kier alpha value is -1.85. The Balaban J connectivity index is 2.55. The second kappa shape index (κ2) is 1.82. The number of primary amides is 1. The molecule has 0 aromatic heterocycles. The monoisotopic (exact) mass is 149 g/mol. The van der Waals surface area contributed by atoms with E-state index in [-0.39, 0.29) is 5.70 Å². The van der Waals surface area contributed by atoms with Crippen LogP contribution in [-0.2, 0) is 4.79 Å². The standard InChI is InChI=1S/C5H3N5O/c6-4(11)2-3-5(10-9-2)8-1-7-3/h1H,(H2,6,11). The van der Waals surface area contributed by atoms with Crippen LogP contribution >= 0.6 is 0 Å². The molecule has 0 unspecified atom stereocenters. The summed E-state index contributed by atoms with van der Waals surface area (Å²) in [5.74, 6) is -0.271. The van der Waals surface area contributed by atoms with Crippen LogP contribution in [0.3, 0.4) is 0 Å². The van der Waals surface area contributed by atoms with Crippen molar-refractivity contribution in [3.05, 3.63) is 11.4 Å². The fourth-order valence-corrected chi connectivity index (χ4v) is 0.811. The molecule has 2 N–H and O–H groups in total. The van der Waals surface area contributed by atoms with Crippen molar-refractivity contribution in [2.75, 3.05) is 0 Å². The average molecular weight is 149 g/mol. The van der Waals surface area contributed by atoms with Crippen molar-refractivity contribution in [3.63, 3.8) is 0 Å². The molecule has 0 radical (unpaired) electrons. The maximum Gasteiger partial charge on any atom is 0.271 e. The van der Waals surface area contributed by atoms with Gasteiger partial charge in [0.1, 0.15) is 12.0 Å². The predicted molar refractivity (Wildman–Crippen MR) is 37.0 cm³/mol. The lowest BCUT2D eigenvalue weighted by Gasteiger charge is -1.87. The van der Waals surface area contributed by atoms with E-state index in [9.17, 15) is 4.79 Å². The molecular weight excluding hydrogens is 146 g/mol. The van der Waals surface area contributed by atoms with E-state index >= 15 is 0 Å². The normalized spacial score (nSPS) is 19.1. The van der Waals surface area contributed by atoms with Gasteiger partial charge in [-0.25, -0.2) is 9.98 Å². The number of fused-ring (bicyclic) bond motifs is 1. The quantitative estimate of drug-likeness (QED) is 0.539. The van der Waals surface area contributed by atoms with E-state index in [2.05, 4.69) is 20.2 Å². The summed E-state index contributed by atoms with van der Waals surface area (Å²) in [7, 11) is 0. The maximum absolute atomic E-state index is 10.6. The van der Waals surface area contributed by atoms with Crippen molar-refractivity contribution in [1.29, 1.82) is 0 Å². The van der Waals surface area contributed by atoms with Crippen molar-refractivity contribution in [2.24, 2.45) is 25.9 Å². The average Bonchev–Trinajstić information content (AvgIpc) is 2.41. The molecule has 2 aliphatic rings. The topological polar surface area (TPSA) is 92.5 Å². The number of amidine groups is 1. The van der Waals surface area contributed by atoms with Gasteiger partial charge in [0.05, 0.1) is 0 Å². The molecule has 6 heteroatoms. The van der Waals surface area contributed by atoms with Gasteiger partial charge < -0.3 is 5.73 Å². The summed E-state index contributed by atoms with van der Waals surface area (Å²) >= 11 is 0. The first kappa shape index (κ1) is 5.90. The molecular formula is C5H3N5O. The molecule has 0 bridgehead atoms. The van der Waals surface area contributed by atoms with Gasteiger partial charge in [-0.3, -0.25) is 4.79 Å². The summed E-state index contributed by atoms with van der Waals surface area (Å²) in [6.07, 6.45) is 1.31. The van der Waals surface area contributed by atoms with Crippen LogP contribution in [-0.4, -0.2) is 18.1 Å². The van der Waals surface area contributed by atoms with E-state index in [1.807, 2.05) is 0 Å². The lowest BCUT2D eigenvalue weighted by atomic mass is 10.3. The van der Waals surface area contributed by atoms with Crippen LogP contribution in [0.2, 0.25) is 0 Å². The fraction of sp³-hybridized carbons (Fsp3) is 0. The van der Waals surface area contributed by atoms with Gasteiger partial charge in [-0.05, 0) is 0 Å². The third kappa shape index (κ3) is 0.689. The molecule has 0 spiro atoms. The highest BCUT2D eigenvalue weighted by Gasteiger charge is 2.24. The Kier molecular flexibility index (Phi) is 0.974. The van der Waals surface area contributed by atoms with Crippen molar-refractivity contribution >= 4 is 18.1 Å². The number of amides is 1. The summed E-state index contributed by atoms with van der Waals surface area (Å²) in [5.41, 5.74) is 5.43. The Morgan fingerprint density at radius 3 is 3.00 bits per heavy atom. The first-order valence-electron chi connectivity index (χ1n) is 2.85. The largest absolute Gasteiger partial charge is 0.364 e. The summed E-state index contributed by atoms with van der Waals surface area (Å²) in [4.78, 5) is 18.1. The van der Waals surface area contributed by atoms with Gasteiger partial charge in [-0.1, -0.05) is 0 Å². The lowest BCUT2D eigenvalue weighted by Crippen LogP contribution is -2.13. The van der Waals surface area contributed by atoms with Crippen LogP contribution in [0.15, 0.2) is 31.6 Å². The minimum Gasteiger partial charge on any atom is -0.364 e. The number of nitrogens with zero attached hydrogens (tertiary/aromatic N) is 4.